The van der Waals surface area contributed by atoms with Crippen molar-refractivity contribution in [2.75, 3.05) is 7.11 Å². The molecule has 1 N–H and O–H groups in total. The summed E-state index contributed by atoms with van der Waals surface area (Å²) in [6.45, 7) is 5.42. The van der Waals surface area contributed by atoms with Gasteiger partial charge < -0.3 is 19.4 Å². The molecule has 1 unspecified atom stereocenters. The molecule has 3 rings (SSSR count). The number of esters is 1. The smallest absolute Gasteiger partial charge is 0.340 e. The Labute approximate surface area is 165 Å². The van der Waals surface area contributed by atoms with Crippen LogP contribution in [-0.2, 0) is 9.53 Å². The predicted octanol–water partition coefficient (Wildman–Crippen LogP) is 3.71. The first-order valence-electron chi connectivity index (χ1n) is 9.75. The minimum atomic E-state index is -0.822. The zero-order chi connectivity index (χ0) is 20.3. The molecule has 1 aliphatic carbocycles. The molecule has 6 nitrogen and oxygen atoms in total. The van der Waals surface area contributed by atoms with Crippen molar-refractivity contribution >= 4 is 11.9 Å². The highest BCUT2D eigenvalue weighted by Gasteiger charge is 2.25. The average Bonchev–Trinajstić information content (AvgIpc) is 3.29. The summed E-state index contributed by atoms with van der Waals surface area (Å²) in [5.74, 6) is 0.0547. The first kappa shape index (κ1) is 20.0. The van der Waals surface area contributed by atoms with E-state index in [2.05, 4.69) is 5.32 Å². The Morgan fingerprint density at radius 2 is 1.79 bits per heavy atom. The molecule has 1 aromatic heterocycles. The van der Waals surface area contributed by atoms with Crippen LogP contribution in [-0.4, -0.2) is 35.7 Å². The van der Waals surface area contributed by atoms with Crippen molar-refractivity contribution in [3.8, 4) is 11.4 Å². The lowest BCUT2D eigenvalue weighted by Crippen LogP contribution is -2.40. The number of rotatable bonds is 6. The molecule has 0 radical (unpaired) electrons. The summed E-state index contributed by atoms with van der Waals surface area (Å²) in [5.41, 5.74) is 3.09. The van der Waals surface area contributed by atoms with E-state index in [1.165, 1.54) is 0 Å². The van der Waals surface area contributed by atoms with Gasteiger partial charge >= 0.3 is 5.97 Å². The molecule has 1 aliphatic rings. The van der Waals surface area contributed by atoms with Gasteiger partial charge in [0.25, 0.3) is 5.91 Å². The van der Waals surface area contributed by atoms with Crippen LogP contribution in [0, 0.1) is 13.8 Å². The Morgan fingerprint density at radius 1 is 1.14 bits per heavy atom. The lowest BCUT2D eigenvalue weighted by atomic mass is 10.2. The van der Waals surface area contributed by atoms with Crippen molar-refractivity contribution in [2.24, 2.45) is 0 Å². The number of ether oxygens (including phenoxy) is 2. The molecule has 1 aromatic carbocycles. The topological polar surface area (TPSA) is 69.6 Å². The molecule has 28 heavy (non-hydrogen) atoms. The average molecular weight is 384 g/mol. The van der Waals surface area contributed by atoms with Crippen LogP contribution in [0.25, 0.3) is 5.69 Å². The first-order valence-corrected chi connectivity index (χ1v) is 9.75. The van der Waals surface area contributed by atoms with E-state index in [0.29, 0.717) is 5.56 Å². The van der Waals surface area contributed by atoms with E-state index in [9.17, 15) is 9.59 Å². The standard InChI is InChI=1S/C22H28N2O4/c1-14-13-20(15(2)24(14)18-9-11-19(27-4)12-10-18)22(26)28-16(3)21(25)23-17-7-5-6-8-17/h9-13,16-17H,5-8H2,1-4H3,(H,23,25). The van der Waals surface area contributed by atoms with Crippen molar-refractivity contribution < 1.29 is 19.1 Å². The third kappa shape index (κ3) is 4.21. The second-order valence-electron chi connectivity index (χ2n) is 7.36. The third-order valence-corrected chi connectivity index (χ3v) is 5.34. The van der Waals surface area contributed by atoms with Crippen LogP contribution in [0.4, 0.5) is 0 Å². The number of carbonyl (C=O) groups excluding carboxylic acids is 2. The van der Waals surface area contributed by atoms with E-state index in [0.717, 1.165) is 48.5 Å². The Morgan fingerprint density at radius 3 is 2.39 bits per heavy atom. The monoisotopic (exact) mass is 384 g/mol. The van der Waals surface area contributed by atoms with Crippen LogP contribution >= 0.6 is 0 Å². The second kappa shape index (κ2) is 8.50. The van der Waals surface area contributed by atoms with Gasteiger partial charge in [-0.3, -0.25) is 4.79 Å². The number of nitrogens with one attached hydrogen (secondary N) is 1. The Hall–Kier alpha value is -2.76. The van der Waals surface area contributed by atoms with Gasteiger partial charge in [0, 0.05) is 23.1 Å². The quantitative estimate of drug-likeness (QED) is 0.771. The second-order valence-corrected chi connectivity index (χ2v) is 7.36. The summed E-state index contributed by atoms with van der Waals surface area (Å²) < 4.78 is 12.6. The van der Waals surface area contributed by atoms with Crippen LogP contribution in [0.3, 0.4) is 0 Å². The number of carbonyl (C=O) groups is 2. The maximum absolute atomic E-state index is 12.7. The molecule has 150 valence electrons. The highest BCUT2D eigenvalue weighted by molar-refractivity contribution is 5.93. The predicted molar refractivity (Wildman–Crippen MR) is 107 cm³/mol. The molecular weight excluding hydrogens is 356 g/mol. The Balaban J connectivity index is 1.72. The fourth-order valence-corrected chi connectivity index (χ4v) is 3.76. The molecule has 1 saturated carbocycles. The zero-order valence-corrected chi connectivity index (χ0v) is 17.0. The zero-order valence-electron chi connectivity index (χ0n) is 17.0. The number of hydrogen-bond acceptors (Lipinski definition) is 4. The maximum Gasteiger partial charge on any atom is 0.340 e. The minimum absolute atomic E-state index is 0.203. The SMILES string of the molecule is COc1ccc(-n2c(C)cc(C(=O)OC(C)C(=O)NC3CCCC3)c2C)cc1. The summed E-state index contributed by atoms with van der Waals surface area (Å²) in [6.07, 6.45) is 3.44. The van der Waals surface area contributed by atoms with Crippen molar-refractivity contribution in [1.82, 2.24) is 9.88 Å². The highest BCUT2D eigenvalue weighted by atomic mass is 16.5. The minimum Gasteiger partial charge on any atom is -0.497 e. The fourth-order valence-electron chi connectivity index (χ4n) is 3.76. The number of methoxy groups -OCH3 is 1. The number of aryl methyl sites for hydroxylation is 1. The van der Waals surface area contributed by atoms with Gasteiger partial charge in [-0.05, 0) is 63.9 Å². The van der Waals surface area contributed by atoms with Crippen LogP contribution in [0.1, 0.15) is 54.4 Å². The summed E-state index contributed by atoms with van der Waals surface area (Å²) >= 11 is 0. The summed E-state index contributed by atoms with van der Waals surface area (Å²) in [7, 11) is 1.62. The third-order valence-electron chi connectivity index (χ3n) is 5.34. The van der Waals surface area contributed by atoms with Crippen molar-refractivity contribution in [2.45, 2.75) is 58.6 Å². The summed E-state index contributed by atoms with van der Waals surface area (Å²) in [4.78, 5) is 25.0. The summed E-state index contributed by atoms with van der Waals surface area (Å²) in [5, 5.41) is 2.97. The van der Waals surface area contributed by atoms with E-state index >= 15 is 0 Å². The molecule has 0 saturated heterocycles. The van der Waals surface area contributed by atoms with Crippen LogP contribution in [0.2, 0.25) is 0 Å². The van der Waals surface area contributed by atoms with Crippen LogP contribution in [0.15, 0.2) is 30.3 Å². The number of benzene rings is 1. The van der Waals surface area contributed by atoms with Gasteiger partial charge in [-0.15, -0.1) is 0 Å². The van der Waals surface area contributed by atoms with Crippen LogP contribution < -0.4 is 10.1 Å². The number of nitrogens with zero attached hydrogens (tertiary/aromatic N) is 1. The largest absolute Gasteiger partial charge is 0.497 e. The van der Waals surface area contributed by atoms with Gasteiger partial charge in [0.15, 0.2) is 6.10 Å². The normalized spacial score (nSPS) is 15.3. The van der Waals surface area contributed by atoms with Crippen LogP contribution in [0.5, 0.6) is 5.75 Å². The summed E-state index contributed by atoms with van der Waals surface area (Å²) in [6, 6.07) is 9.62. The molecule has 6 heteroatoms. The van der Waals surface area contributed by atoms with Gasteiger partial charge in [-0.1, -0.05) is 12.8 Å². The molecule has 0 spiro atoms. The molecule has 1 heterocycles. The van der Waals surface area contributed by atoms with Gasteiger partial charge in [0.05, 0.1) is 12.7 Å². The number of hydrogen-bond donors (Lipinski definition) is 1. The molecule has 2 aromatic rings. The van der Waals surface area contributed by atoms with Gasteiger partial charge in [-0.2, -0.15) is 0 Å². The maximum atomic E-state index is 12.7. The van der Waals surface area contributed by atoms with Gasteiger partial charge in [-0.25, -0.2) is 4.79 Å². The number of aromatic nitrogens is 1. The Kier molecular flexibility index (Phi) is 6.07. The van der Waals surface area contributed by atoms with Crippen molar-refractivity contribution in [3.05, 3.63) is 47.3 Å². The lowest BCUT2D eigenvalue weighted by molar-refractivity contribution is -0.129. The van der Waals surface area contributed by atoms with E-state index in [1.54, 1.807) is 20.1 Å². The molecule has 0 bridgehead atoms. The molecule has 1 fully saturated rings. The number of amides is 1. The molecule has 1 amide bonds. The lowest BCUT2D eigenvalue weighted by Gasteiger charge is -2.17. The fraction of sp³-hybridized carbons (Fsp3) is 0.455. The molecule has 0 aliphatic heterocycles. The van der Waals surface area contributed by atoms with Crippen molar-refractivity contribution in [3.63, 3.8) is 0 Å². The molecule has 1 atom stereocenters. The van der Waals surface area contributed by atoms with E-state index in [4.69, 9.17) is 9.47 Å². The molecular formula is C22H28N2O4. The van der Waals surface area contributed by atoms with E-state index in [-0.39, 0.29) is 11.9 Å². The van der Waals surface area contributed by atoms with Gasteiger partial charge in [0.2, 0.25) is 0 Å². The van der Waals surface area contributed by atoms with Gasteiger partial charge in [0.1, 0.15) is 5.75 Å². The first-order chi connectivity index (χ1) is 13.4. The van der Waals surface area contributed by atoms with E-state index < -0.39 is 12.1 Å². The Bertz CT molecular complexity index is 848. The highest BCUT2D eigenvalue weighted by Crippen LogP contribution is 2.24. The van der Waals surface area contributed by atoms with E-state index in [1.807, 2.05) is 42.7 Å². The van der Waals surface area contributed by atoms with Crippen molar-refractivity contribution in [1.29, 1.82) is 0 Å².